The average Bonchev–Trinajstić information content (AvgIpc) is 3.72. The Morgan fingerprint density at radius 1 is 1.02 bits per heavy atom. The van der Waals surface area contributed by atoms with Crippen molar-refractivity contribution in [3.63, 3.8) is 0 Å². The molecule has 5 heterocycles. The number of piperidine rings is 1. The molecule has 0 saturated carbocycles. The van der Waals surface area contributed by atoms with Crippen LogP contribution in [0.4, 0.5) is 0 Å². The molecule has 10 heteroatoms. The first-order valence-corrected chi connectivity index (χ1v) is 15.1. The third-order valence-corrected chi connectivity index (χ3v) is 9.16. The molecule has 9 nitrogen and oxygen atoms in total. The number of H-pyrrole nitrogens is 2. The highest BCUT2D eigenvalue weighted by Crippen LogP contribution is 2.35. The number of hydrogen-bond acceptors (Lipinski definition) is 5. The van der Waals surface area contributed by atoms with Gasteiger partial charge < -0.3 is 9.80 Å². The summed E-state index contributed by atoms with van der Waals surface area (Å²) in [7, 11) is 0. The summed E-state index contributed by atoms with van der Waals surface area (Å²) in [6.07, 6.45) is 7.54. The van der Waals surface area contributed by atoms with Crippen LogP contribution in [0.1, 0.15) is 47.6 Å². The minimum Gasteiger partial charge on any atom is -0.343 e. The Hall–Kier alpha value is -4.50. The largest absolute Gasteiger partial charge is 0.343 e. The van der Waals surface area contributed by atoms with Crippen molar-refractivity contribution in [2.45, 2.75) is 44.7 Å². The fraction of sp³-hybridized carbons (Fsp3) is 0.303. The molecule has 3 aromatic heterocycles. The molecular formula is C33H32ClN7O2. The maximum atomic E-state index is 14.0. The van der Waals surface area contributed by atoms with Gasteiger partial charge in [-0.1, -0.05) is 41.9 Å². The van der Waals surface area contributed by atoms with E-state index in [1.807, 2.05) is 46.2 Å². The minimum atomic E-state index is -0.478. The molecule has 2 N–H and O–H groups in total. The van der Waals surface area contributed by atoms with Crippen molar-refractivity contribution in [2.24, 2.45) is 5.92 Å². The lowest BCUT2D eigenvalue weighted by molar-refractivity contribution is -0.142. The smallest absolute Gasteiger partial charge is 0.227 e. The second-order valence-corrected chi connectivity index (χ2v) is 11.9. The fourth-order valence-electron chi connectivity index (χ4n) is 6.51. The van der Waals surface area contributed by atoms with Crippen LogP contribution in [0.2, 0.25) is 5.02 Å². The summed E-state index contributed by atoms with van der Waals surface area (Å²) in [6.45, 7) is 2.16. The first kappa shape index (κ1) is 27.3. The molecule has 0 radical (unpaired) electrons. The Morgan fingerprint density at radius 2 is 1.81 bits per heavy atom. The summed E-state index contributed by atoms with van der Waals surface area (Å²) in [5.41, 5.74) is 6.93. The summed E-state index contributed by atoms with van der Waals surface area (Å²) < 4.78 is 0. The molecule has 2 amide bonds. The van der Waals surface area contributed by atoms with E-state index >= 15 is 0 Å². The average molecular weight is 594 g/mol. The summed E-state index contributed by atoms with van der Waals surface area (Å²) >= 11 is 6.61. The molecule has 2 aliphatic rings. The van der Waals surface area contributed by atoms with E-state index in [4.69, 9.17) is 11.6 Å². The van der Waals surface area contributed by atoms with Crippen LogP contribution >= 0.6 is 11.6 Å². The Labute approximate surface area is 254 Å². The molecule has 218 valence electrons. The van der Waals surface area contributed by atoms with Crippen LogP contribution in [0.25, 0.3) is 22.2 Å². The van der Waals surface area contributed by atoms with Gasteiger partial charge in [-0.15, -0.1) is 0 Å². The van der Waals surface area contributed by atoms with Crippen LogP contribution in [-0.4, -0.2) is 60.1 Å². The molecule has 0 unspecified atom stereocenters. The topological polar surface area (TPSA) is 111 Å². The third kappa shape index (κ3) is 5.52. The molecule has 43 heavy (non-hydrogen) atoms. The Kier molecular flexibility index (Phi) is 7.40. The quantitative estimate of drug-likeness (QED) is 0.270. The van der Waals surface area contributed by atoms with E-state index in [0.717, 1.165) is 57.4 Å². The van der Waals surface area contributed by atoms with Crippen molar-refractivity contribution in [2.75, 3.05) is 13.1 Å². The van der Waals surface area contributed by atoms with Gasteiger partial charge in [0.2, 0.25) is 11.8 Å². The highest BCUT2D eigenvalue weighted by atomic mass is 35.5. The number of likely N-dealkylation sites (tertiary alicyclic amines) is 1. The SMILES string of the molecule is O=C(C[C@@H]1Cc2cc(Cl)c3[nH]ncc3c2CN(Cc2ccncc2)C1=O)N1CCC(c2cc(-c3ccccc3)[nH]n2)CC1. The van der Waals surface area contributed by atoms with Crippen molar-refractivity contribution in [3.05, 3.63) is 101 Å². The zero-order chi connectivity index (χ0) is 29.3. The molecule has 1 saturated heterocycles. The van der Waals surface area contributed by atoms with Crippen LogP contribution in [-0.2, 0) is 29.1 Å². The zero-order valence-electron chi connectivity index (χ0n) is 23.7. The number of carbonyl (C=O) groups excluding carboxylic acids is 2. The Morgan fingerprint density at radius 3 is 2.60 bits per heavy atom. The number of nitrogens with one attached hydrogen (secondary N) is 2. The predicted molar refractivity (Wildman–Crippen MR) is 164 cm³/mol. The van der Waals surface area contributed by atoms with E-state index in [1.54, 1.807) is 18.6 Å². The number of rotatable bonds is 6. The van der Waals surface area contributed by atoms with Crippen molar-refractivity contribution in [1.82, 2.24) is 35.2 Å². The minimum absolute atomic E-state index is 0.0195. The second kappa shape index (κ2) is 11.6. The molecule has 0 bridgehead atoms. The molecule has 2 aromatic carbocycles. The van der Waals surface area contributed by atoms with Gasteiger partial charge in [-0.05, 0) is 65.8 Å². The van der Waals surface area contributed by atoms with Crippen molar-refractivity contribution >= 4 is 34.3 Å². The number of halogens is 1. The van der Waals surface area contributed by atoms with Crippen LogP contribution in [0.3, 0.4) is 0 Å². The second-order valence-electron chi connectivity index (χ2n) is 11.5. The highest BCUT2D eigenvalue weighted by molar-refractivity contribution is 6.35. The lowest BCUT2D eigenvalue weighted by Gasteiger charge is -2.32. The maximum Gasteiger partial charge on any atom is 0.227 e. The standard InChI is InChI=1S/C33H32ClN7O2/c34-28-15-24-14-25(33(43)41(19-21-6-10-35-11-7-21)20-27(24)26-18-36-39-32(26)28)16-31(42)40-12-8-23(9-13-40)30-17-29(37-38-30)22-4-2-1-3-5-22/h1-7,10-11,15,17-18,23,25H,8-9,12-14,16,19-20H2,(H,36,39)(H,37,38)/t25-/m0/s1. The summed E-state index contributed by atoms with van der Waals surface area (Å²) in [4.78, 5) is 35.6. The first-order valence-electron chi connectivity index (χ1n) is 14.7. The number of carbonyl (C=O) groups is 2. The first-order chi connectivity index (χ1) is 21.0. The van der Waals surface area contributed by atoms with Gasteiger partial charge >= 0.3 is 0 Å². The van der Waals surface area contributed by atoms with Gasteiger partial charge in [-0.2, -0.15) is 10.2 Å². The zero-order valence-corrected chi connectivity index (χ0v) is 24.4. The van der Waals surface area contributed by atoms with Gasteiger partial charge in [0.15, 0.2) is 0 Å². The predicted octanol–water partition coefficient (Wildman–Crippen LogP) is 5.50. The lowest BCUT2D eigenvalue weighted by atomic mass is 9.90. The Bertz CT molecular complexity index is 1760. The number of aromatic amines is 2. The molecule has 1 fully saturated rings. The van der Waals surface area contributed by atoms with Gasteiger partial charge in [0.25, 0.3) is 0 Å². The van der Waals surface area contributed by atoms with Gasteiger partial charge in [0.1, 0.15) is 0 Å². The molecule has 2 aliphatic heterocycles. The fourth-order valence-corrected chi connectivity index (χ4v) is 6.78. The molecule has 0 spiro atoms. The number of aromatic nitrogens is 5. The van der Waals surface area contributed by atoms with E-state index in [-0.39, 0.29) is 18.2 Å². The van der Waals surface area contributed by atoms with E-state index < -0.39 is 5.92 Å². The van der Waals surface area contributed by atoms with E-state index in [1.165, 1.54) is 0 Å². The van der Waals surface area contributed by atoms with Crippen LogP contribution in [0, 0.1) is 5.92 Å². The van der Waals surface area contributed by atoms with Crippen molar-refractivity contribution < 1.29 is 9.59 Å². The van der Waals surface area contributed by atoms with Crippen LogP contribution in [0.5, 0.6) is 0 Å². The number of fused-ring (bicyclic) bond motifs is 3. The highest BCUT2D eigenvalue weighted by Gasteiger charge is 2.35. The number of amides is 2. The van der Waals surface area contributed by atoms with Crippen molar-refractivity contribution in [3.8, 4) is 11.3 Å². The third-order valence-electron chi connectivity index (χ3n) is 8.86. The van der Waals surface area contributed by atoms with Crippen molar-refractivity contribution in [1.29, 1.82) is 0 Å². The van der Waals surface area contributed by atoms with Crippen LogP contribution < -0.4 is 0 Å². The van der Waals surface area contributed by atoms with E-state index in [9.17, 15) is 9.59 Å². The molecule has 0 aliphatic carbocycles. The number of nitrogens with zero attached hydrogens (tertiary/aromatic N) is 5. The van der Waals surface area contributed by atoms with E-state index in [2.05, 4.69) is 43.6 Å². The number of hydrogen-bond donors (Lipinski definition) is 2. The lowest BCUT2D eigenvalue weighted by Crippen LogP contribution is -2.41. The summed E-state index contributed by atoms with van der Waals surface area (Å²) in [5, 5.41) is 16.4. The van der Waals surface area contributed by atoms with Gasteiger partial charge in [-0.25, -0.2) is 0 Å². The van der Waals surface area contributed by atoms with Gasteiger partial charge in [0, 0.05) is 56.3 Å². The van der Waals surface area contributed by atoms with Crippen LogP contribution in [0.15, 0.2) is 73.2 Å². The normalized spacial score (nSPS) is 17.7. The maximum absolute atomic E-state index is 14.0. The number of pyridine rings is 1. The number of benzene rings is 2. The summed E-state index contributed by atoms with van der Waals surface area (Å²) in [6, 6.07) is 18.1. The van der Waals surface area contributed by atoms with Gasteiger partial charge in [-0.3, -0.25) is 24.8 Å². The molecular weight excluding hydrogens is 562 g/mol. The summed E-state index contributed by atoms with van der Waals surface area (Å²) in [5.74, 6) is -0.186. The molecule has 7 rings (SSSR count). The monoisotopic (exact) mass is 593 g/mol. The molecule has 5 aromatic rings. The Balaban J connectivity index is 1.07. The molecule has 1 atom stereocenters. The van der Waals surface area contributed by atoms with E-state index in [0.29, 0.717) is 43.5 Å². The van der Waals surface area contributed by atoms with Gasteiger partial charge in [0.05, 0.1) is 34.0 Å².